The van der Waals surface area contributed by atoms with Crippen LogP contribution < -0.4 is 5.73 Å². The first-order chi connectivity index (χ1) is 8.58. The van der Waals surface area contributed by atoms with Crippen LogP contribution in [0.2, 0.25) is 0 Å². The van der Waals surface area contributed by atoms with Crippen molar-refractivity contribution < 1.29 is 4.79 Å². The number of carbonyl (C=O) groups is 1. The zero-order valence-corrected chi connectivity index (χ0v) is 12.4. The van der Waals surface area contributed by atoms with Crippen molar-refractivity contribution in [2.75, 3.05) is 6.54 Å². The first-order valence-corrected chi connectivity index (χ1v) is 7.28. The molecule has 1 aromatic heterocycles. The first kappa shape index (κ1) is 13.7. The van der Waals surface area contributed by atoms with Gasteiger partial charge in [-0.3, -0.25) is 9.48 Å². The molecule has 1 aliphatic rings. The molecule has 1 aliphatic carbocycles. The second-order valence-electron chi connectivity index (χ2n) is 5.33. The molecule has 5 heteroatoms. The Morgan fingerprint density at radius 3 is 2.67 bits per heavy atom. The lowest BCUT2D eigenvalue weighted by Gasteiger charge is -2.35. The Kier molecular flexibility index (Phi) is 4.22. The fourth-order valence-electron chi connectivity index (χ4n) is 2.90. The largest absolute Gasteiger partial charge is 0.330 e. The van der Waals surface area contributed by atoms with E-state index in [1.54, 1.807) is 17.9 Å². The van der Waals surface area contributed by atoms with Crippen LogP contribution in [0.5, 0.6) is 0 Å². The second-order valence-corrected chi connectivity index (χ2v) is 6.18. The highest BCUT2D eigenvalue weighted by atomic mass is 79.9. The van der Waals surface area contributed by atoms with Gasteiger partial charge in [0, 0.05) is 13.5 Å². The number of hydrogen-bond acceptors (Lipinski definition) is 3. The monoisotopic (exact) mass is 313 g/mol. The predicted octanol–water partition coefficient (Wildman–Crippen LogP) is 2.66. The molecule has 1 fully saturated rings. The lowest BCUT2D eigenvalue weighted by Crippen LogP contribution is -2.35. The molecule has 0 bridgehead atoms. The predicted molar refractivity (Wildman–Crippen MR) is 74.4 cm³/mol. The van der Waals surface area contributed by atoms with Gasteiger partial charge in [0.25, 0.3) is 0 Å². The molecule has 0 radical (unpaired) electrons. The van der Waals surface area contributed by atoms with E-state index in [2.05, 4.69) is 21.0 Å². The molecule has 1 heterocycles. The SMILES string of the molecule is Cn1ncc(Br)c1C(=O)CC1(CN)CCCCC1. The van der Waals surface area contributed by atoms with Crippen LogP contribution >= 0.6 is 15.9 Å². The minimum absolute atomic E-state index is 0.0129. The minimum atomic E-state index is 0.0129. The fourth-order valence-corrected chi connectivity index (χ4v) is 3.47. The molecule has 0 spiro atoms. The van der Waals surface area contributed by atoms with Gasteiger partial charge in [0.1, 0.15) is 5.69 Å². The molecule has 100 valence electrons. The van der Waals surface area contributed by atoms with Crippen molar-refractivity contribution in [1.29, 1.82) is 0 Å². The Balaban J connectivity index is 2.15. The van der Waals surface area contributed by atoms with Crippen LogP contribution in [0.4, 0.5) is 0 Å². The van der Waals surface area contributed by atoms with E-state index >= 15 is 0 Å². The molecular weight excluding hydrogens is 294 g/mol. The Hall–Kier alpha value is -0.680. The summed E-state index contributed by atoms with van der Waals surface area (Å²) in [6.45, 7) is 0.605. The van der Waals surface area contributed by atoms with Crippen molar-refractivity contribution in [2.45, 2.75) is 38.5 Å². The van der Waals surface area contributed by atoms with E-state index < -0.39 is 0 Å². The molecule has 0 saturated heterocycles. The van der Waals surface area contributed by atoms with Crippen LogP contribution in [0.15, 0.2) is 10.7 Å². The highest BCUT2D eigenvalue weighted by Crippen LogP contribution is 2.39. The second kappa shape index (κ2) is 5.53. The van der Waals surface area contributed by atoms with Crippen LogP contribution in [0, 0.1) is 5.41 Å². The summed E-state index contributed by atoms with van der Waals surface area (Å²) in [6, 6.07) is 0. The Morgan fingerprint density at radius 1 is 1.50 bits per heavy atom. The lowest BCUT2D eigenvalue weighted by molar-refractivity contribution is 0.0858. The van der Waals surface area contributed by atoms with Gasteiger partial charge in [-0.15, -0.1) is 0 Å². The molecule has 2 N–H and O–H groups in total. The van der Waals surface area contributed by atoms with E-state index in [1.165, 1.54) is 19.3 Å². The number of rotatable bonds is 4. The van der Waals surface area contributed by atoms with Gasteiger partial charge < -0.3 is 5.73 Å². The van der Waals surface area contributed by atoms with Gasteiger partial charge in [-0.05, 0) is 40.7 Å². The highest BCUT2D eigenvalue weighted by molar-refractivity contribution is 9.10. The number of nitrogens with two attached hydrogens (primary N) is 1. The molecule has 1 aromatic rings. The topological polar surface area (TPSA) is 60.9 Å². The average molecular weight is 314 g/mol. The van der Waals surface area contributed by atoms with Crippen molar-refractivity contribution in [2.24, 2.45) is 18.2 Å². The maximum absolute atomic E-state index is 12.4. The Bertz CT molecular complexity index is 416. The summed E-state index contributed by atoms with van der Waals surface area (Å²) in [4.78, 5) is 12.4. The first-order valence-electron chi connectivity index (χ1n) is 6.49. The third kappa shape index (κ3) is 2.67. The van der Waals surface area contributed by atoms with Crippen LogP contribution in [0.25, 0.3) is 0 Å². The van der Waals surface area contributed by atoms with Gasteiger partial charge in [-0.25, -0.2) is 0 Å². The fraction of sp³-hybridized carbons (Fsp3) is 0.692. The summed E-state index contributed by atoms with van der Waals surface area (Å²) in [6.07, 6.45) is 8.01. The van der Waals surface area contributed by atoms with E-state index in [1.807, 2.05) is 0 Å². The number of ketones is 1. The highest BCUT2D eigenvalue weighted by Gasteiger charge is 2.34. The molecule has 2 rings (SSSR count). The third-order valence-electron chi connectivity index (χ3n) is 4.04. The van der Waals surface area contributed by atoms with Crippen molar-refractivity contribution in [3.05, 3.63) is 16.4 Å². The smallest absolute Gasteiger partial charge is 0.182 e. The Labute approximate surface area is 116 Å². The average Bonchev–Trinajstić information content (AvgIpc) is 2.70. The standard InChI is InChI=1S/C13H20BrN3O/c1-17-12(10(14)8-16-17)11(18)7-13(9-15)5-3-2-4-6-13/h8H,2-7,9,15H2,1H3. The van der Waals surface area contributed by atoms with Crippen molar-refractivity contribution in [1.82, 2.24) is 9.78 Å². The molecule has 0 unspecified atom stereocenters. The van der Waals surface area contributed by atoms with E-state index in [9.17, 15) is 4.79 Å². The Morgan fingerprint density at radius 2 is 2.17 bits per heavy atom. The molecule has 0 aliphatic heterocycles. The van der Waals surface area contributed by atoms with Crippen LogP contribution in [0.3, 0.4) is 0 Å². The molecule has 0 atom stereocenters. The zero-order valence-electron chi connectivity index (χ0n) is 10.8. The summed E-state index contributed by atoms with van der Waals surface area (Å²) in [5.41, 5.74) is 6.60. The molecule has 0 amide bonds. The summed E-state index contributed by atoms with van der Waals surface area (Å²) in [5.74, 6) is 0.147. The zero-order chi connectivity index (χ0) is 13.2. The van der Waals surface area contributed by atoms with E-state index in [0.717, 1.165) is 17.3 Å². The van der Waals surface area contributed by atoms with Gasteiger partial charge in [0.15, 0.2) is 5.78 Å². The summed E-state index contributed by atoms with van der Waals surface area (Å²) >= 11 is 3.39. The summed E-state index contributed by atoms with van der Waals surface area (Å²) < 4.78 is 2.41. The number of nitrogens with zero attached hydrogens (tertiary/aromatic N) is 2. The van der Waals surface area contributed by atoms with Gasteiger partial charge in [0.2, 0.25) is 0 Å². The lowest BCUT2D eigenvalue weighted by atomic mass is 9.71. The quantitative estimate of drug-likeness (QED) is 0.869. The normalized spacial score (nSPS) is 18.8. The van der Waals surface area contributed by atoms with Gasteiger partial charge >= 0.3 is 0 Å². The van der Waals surface area contributed by atoms with E-state index in [-0.39, 0.29) is 11.2 Å². The van der Waals surface area contributed by atoms with Crippen LogP contribution in [-0.2, 0) is 7.05 Å². The van der Waals surface area contributed by atoms with Crippen molar-refractivity contribution in [3.8, 4) is 0 Å². The number of aromatic nitrogens is 2. The van der Waals surface area contributed by atoms with E-state index in [0.29, 0.717) is 18.7 Å². The maximum atomic E-state index is 12.4. The molecule has 4 nitrogen and oxygen atoms in total. The molecule has 1 saturated carbocycles. The third-order valence-corrected chi connectivity index (χ3v) is 4.62. The number of Topliss-reactive ketones (excluding diaryl/α,β-unsaturated/α-hetero) is 1. The van der Waals surface area contributed by atoms with Gasteiger partial charge in [-0.1, -0.05) is 19.3 Å². The number of hydrogen-bond donors (Lipinski definition) is 1. The number of aryl methyl sites for hydroxylation is 1. The van der Waals surface area contributed by atoms with Crippen molar-refractivity contribution >= 4 is 21.7 Å². The summed E-state index contributed by atoms with van der Waals surface area (Å²) in [7, 11) is 1.80. The van der Waals surface area contributed by atoms with E-state index in [4.69, 9.17) is 5.73 Å². The van der Waals surface area contributed by atoms with Gasteiger partial charge in [-0.2, -0.15) is 5.10 Å². The summed E-state index contributed by atoms with van der Waals surface area (Å²) in [5, 5.41) is 4.10. The number of halogens is 1. The molecule has 18 heavy (non-hydrogen) atoms. The van der Waals surface area contributed by atoms with Crippen molar-refractivity contribution in [3.63, 3.8) is 0 Å². The maximum Gasteiger partial charge on any atom is 0.182 e. The number of carbonyl (C=O) groups excluding carboxylic acids is 1. The minimum Gasteiger partial charge on any atom is -0.330 e. The van der Waals surface area contributed by atoms with Crippen LogP contribution in [-0.4, -0.2) is 22.1 Å². The molecular formula is C13H20BrN3O. The molecule has 0 aromatic carbocycles. The van der Waals surface area contributed by atoms with Crippen LogP contribution in [0.1, 0.15) is 49.0 Å². The van der Waals surface area contributed by atoms with Gasteiger partial charge in [0.05, 0.1) is 10.7 Å².